The first-order valence-corrected chi connectivity index (χ1v) is 11.7. The van der Waals surface area contributed by atoms with Crippen LogP contribution in [0.2, 0.25) is 0 Å². The summed E-state index contributed by atoms with van der Waals surface area (Å²) in [6.07, 6.45) is 8.74. The van der Waals surface area contributed by atoms with E-state index in [2.05, 4.69) is 23.9 Å². The van der Waals surface area contributed by atoms with Gasteiger partial charge in [0.2, 0.25) is 0 Å². The van der Waals surface area contributed by atoms with Crippen LogP contribution in [-0.4, -0.2) is 25.1 Å². The number of hydrogen-bond acceptors (Lipinski definition) is 4. The highest BCUT2D eigenvalue weighted by Crippen LogP contribution is 2.66. The Bertz CT molecular complexity index is 752. The van der Waals surface area contributed by atoms with Gasteiger partial charge in [-0.1, -0.05) is 19.0 Å². The van der Waals surface area contributed by atoms with E-state index in [4.69, 9.17) is 14.3 Å². The highest BCUT2D eigenvalue weighted by Gasteiger charge is 2.60. The third-order valence-corrected chi connectivity index (χ3v) is 9.53. The van der Waals surface area contributed by atoms with E-state index >= 15 is 0 Å². The molecule has 0 bridgehead atoms. The van der Waals surface area contributed by atoms with Gasteiger partial charge in [0.1, 0.15) is 0 Å². The Kier molecular flexibility index (Phi) is 4.78. The maximum atomic E-state index is 11.1. The topological polar surface area (TPSA) is 112 Å². The van der Waals surface area contributed by atoms with Gasteiger partial charge in [-0.25, -0.2) is 4.18 Å². The molecule has 0 aromatic heterocycles. The SMILES string of the molecule is C[C@]12CCC3C(CC[C@@H]4CC(OS(=O)(=O)O)CC[C@]34C)C1CC[C@@H]2N=[N+]=[N-]. The molecule has 4 aliphatic rings. The first-order valence-electron chi connectivity index (χ1n) is 10.4. The van der Waals surface area contributed by atoms with E-state index in [9.17, 15) is 8.42 Å². The van der Waals surface area contributed by atoms with Crippen molar-refractivity contribution in [3.8, 4) is 0 Å². The third kappa shape index (κ3) is 3.18. The second-order valence-electron chi connectivity index (χ2n) is 9.92. The van der Waals surface area contributed by atoms with Crippen molar-refractivity contribution in [2.24, 2.45) is 39.6 Å². The fourth-order valence-corrected chi connectivity index (χ4v) is 8.22. The molecule has 0 aliphatic heterocycles. The van der Waals surface area contributed by atoms with E-state index in [0.29, 0.717) is 30.1 Å². The largest absolute Gasteiger partial charge is 0.397 e. The van der Waals surface area contributed by atoms with Crippen LogP contribution in [0.4, 0.5) is 0 Å². The van der Waals surface area contributed by atoms with Crippen LogP contribution in [-0.2, 0) is 14.6 Å². The highest BCUT2D eigenvalue weighted by atomic mass is 32.3. The summed E-state index contributed by atoms with van der Waals surface area (Å²) in [5.41, 5.74) is 9.31. The Morgan fingerprint density at radius 2 is 1.74 bits per heavy atom. The molecule has 4 fully saturated rings. The standard InChI is InChI=1S/C19H31N3O4S/c1-18-9-7-13(26-27(23,24)25)11-12(18)3-4-14-15-5-6-17(21-22-20)19(15,2)10-8-16(14)18/h12-17H,3-11H2,1-2H3,(H,23,24,25)/t12-,13?,14?,15?,16?,17+,18+,19+/m1/s1. The molecule has 0 aromatic carbocycles. The average molecular weight is 398 g/mol. The van der Waals surface area contributed by atoms with Gasteiger partial charge in [-0.2, -0.15) is 8.42 Å². The summed E-state index contributed by atoms with van der Waals surface area (Å²) in [6, 6.07) is 0.137. The molecular formula is C19H31N3O4S. The minimum atomic E-state index is -4.38. The molecule has 152 valence electrons. The fourth-order valence-electron chi connectivity index (χ4n) is 7.70. The second kappa shape index (κ2) is 6.61. The Hall–Kier alpha value is -0.820. The highest BCUT2D eigenvalue weighted by molar-refractivity contribution is 7.80. The van der Waals surface area contributed by atoms with Crippen LogP contribution in [0.1, 0.15) is 71.6 Å². The van der Waals surface area contributed by atoms with Crippen molar-refractivity contribution in [3.05, 3.63) is 10.4 Å². The lowest BCUT2D eigenvalue weighted by molar-refractivity contribution is -0.119. The molecule has 8 heteroatoms. The van der Waals surface area contributed by atoms with E-state index in [0.717, 1.165) is 38.5 Å². The smallest absolute Gasteiger partial charge is 0.264 e. The molecular weight excluding hydrogens is 366 g/mol. The molecule has 4 saturated carbocycles. The van der Waals surface area contributed by atoms with Gasteiger partial charge >= 0.3 is 10.4 Å². The molecule has 7 nitrogen and oxygen atoms in total. The van der Waals surface area contributed by atoms with Crippen LogP contribution < -0.4 is 0 Å². The van der Waals surface area contributed by atoms with Gasteiger partial charge in [0, 0.05) is 11.0 Å². The molecule has 0 aromatic rings. The predicted octanol–water partition coefficient (Wildman–Crippen LogP) is 4.90. The van der Waals surface area contributed by atoms with Gasteiger partial charge in [-0.05, 0) is 97.8 Å². The summed E-state index contributed by atoms with van der Waals surface area (Å²) in [6.45, 7) is 4.74. The Morgan fingerprint density at radius 3 is 2.44 bits per heavy atom. The predicted molar refractivity (Wildman–Crippen MR) is 101 cm³/mol. The Labute approximate surface area is 161 Å². The van der Waals surface area contributed by atoms with Crippen LogP contribution >= 0.6 is 0 Å². The van der Waals surface area contributed by atoms with E-state index in [-0.39, 0.29) is 23.0 Å². The quantitative estimate of drug-likeness (QED) is 0.316. The Morgan fingerprint density at radius 1 is 1.04 bits per heavy atom. The lowest BCUT2D eigenvalue weighted by Gasteiger charge is -2.60. The van der Waals surface area contributed by atoms with E-state index in [1.54, 1.807) is 0 Å². The van der Waals surface area contributed by atoms with E-state index in [1.165, 1.54) is 12.8 Å². The second-order valence-corrected chi connectivity index (χ2v) is 11.0. The summed E-state index contributed by atoms with van der Waals surface area (Å²) < 4.78 is 36.2. The number of azide groups is 1. The van der Waals surface area contributed by atoms with E-state index in [1.807, 2.05) is 0 Å². The van der Waals surface area contributed by atoms with Crippen molar-refractivity contribution in [1.82, 2.24) is 0 Å². The van der Waals surface area contributed by atoms with Crippen molar-refractivity contribution in [1.29, 1.82) is 0 Å². The number of rotatable bonds is 3. The van der Waals surface area contributed by atoms with Gasteiger partial charge in [0.15, 0.2) is 0 Å². The van der Waals surface area contributed by atoms with Gasteiger partial charge in [-0.15, -0.1) is 0 Å². The minimum Gasteiger partial charge on any atom is -0.264 e. The number of nitrogens with zero attached hydrogens (tertiary/aromatic N) is 3. The van der Waals surface area contributed by atoms with Crippen LogP contribution in [0.3, 0.4) is 0 Å². The van der Waals surface area contributed by atoms with Gasteiger partial charge in [0.05, 0.1) is 6.10 Å². The summed E-state index contributed by atoms with van der Waals surface area (Å²) >= 11 is 0. The molecule has 27 heavy (non-hydrogen) atoms. The molecule has 0 saturated heterocycles. The van der Waals surface area contributed by atoms with E-state index < -0.39 is 10.4 Å². The summed E-state index contributed by atoms with van der Waals surface area (Å²) in [5, 5.41) is 4.14. The molecule has 4 rings (SSSR count). The molecule has 0 spiro atoms. The third-order valence-electron chi connectivity index (χ3n) is 9.02. The van der Waals surface area contributed by atoms with Crippen molar-refractivity contribution in [2.45, 2.75) is 83.8 Å². The summed E-state index contributed by atoms with van der Waals surface area (Å²) in [7, 11) is -4.38. The summed E-state index contributed by atoms with van der Waals surface area (Å²) in [5.74, 6) is 2.43. The fraction of sp³-hybridized carbons (Fsp3) is 1.00. The molecule has 0 amide bonds. The van der Waals surface area contributed by atoms with Crippen molar-refractivity contribution in [2.75, 3.05) is 0 Å². The maximum absolute atomic E-state index is 11.1. The normalized spacial score (nSPS) is 49.4. The van der Waals surface area contributed by atoms with Crippen molar-refractivity contribution < 1.29 is 17.2 Å². The first-order chi connectivity index (χ1) is 12.7. The lowest BCUT2D eigenvalue weighted by Crippen LogP contribution is -2.54. The zero-order chi connectivity index (χ0) is 19.4. The first kappa shape index (κ1) is 19.5. The van der Waals surface area contributed by atoms with Crippen LogP contribution in [0.5, 0.6) is 0 Å². The number of hydrogen-bond donors (Lipinski definition) is 1. The number of fused-ring (bicyclic) bond motifs is 5. The van der Waals surface area contributed by atoms with Crippen molar-refractivity contribution >= 4 is 10.4 Å². The summed E-state index contributed by atoms with van der Waals surface area (Å²) in [4.78, 5) is 3.12. The molecule has 0 heterocycles. The molecule has 4 unspecified atom stereocenters. The minimum absolute atomic E-state index is 0.137. The Balaban J connectivity index is 1.53. The molecule has 0 radical (unpaired) electrons. The van der Waals surface area contributed by atoms with Gasteiger partial charge < -0.3 is 0 Å². The monoisotopic (exact) mass is 397 g/mol. The molecule has 4 aliphatic carbocycles. The zero-order valence-corrected chi connectivity index (χ0v) is 17.1. The van der Waals surface area contributed by atoms with Gasteiger partial charge in [-0.3, -0.25) is 4.55 Å². The van der Waals surface area contributed by atoms with Crippen molar-refractivity contribution in [3.63, 3.8) is 0 Å². The molecule has 1 N–H and O–H groups in total. The van der Waals surface area contributed by atoms with Crippen LogP contribution in [0.25, 0.3) is 10.4 Å². The van der Waals surface area contributed by atoms with Gasteiger partial charge in [0.25, 0.3) is 0 Å². The molecule has 8 atom stereocenters. The van der Waals surface area contributed by atoms with Crippen LogP contribution in [0, 0.1) is 34.5 Å². The zero-order valence-electron chi connectivity index (χ0n) is 16.2. The van der Waals surface area contributed by atoms with Crippen LogP contribution in [0.15, 0.2) is 5.11 Å². The average Bonchev–Trinajstić information content (AvgIpc) is 2.91. The maximum Gasteiger partial charge on any atom is 0.397 e. The lowest BCUT2D eigenvalue weighted by atomic mass is 9.45.